The predicted octanol–water partition coefficient (Wildman–Crippen LogP) is 2.40. The fourth-order valence-corrected chi connectivity index (χ4v) is 2.07. The molecular weight excluding hydrogens is 270 g/mol. The summed E-state index contributed by atoms with van der Waals surface area (Å²) in [6.07, 6.45) is 5.66. The van der Waals surface area contributed by atoms with Crippen LogP contribution in [0, 0.1) is 20.8 Å². The zero-order valence-electron chi connectivity index (χ0n) is 12.6. The number of imidazole rings is 1. The molecule has 2 aromatic heterocycles. The van der Waals surface area contributed by atoms with Gasteiger partial charge in [0.2, 0.25) is 0 Å². The smallest absolute Gasteiger partial charge is 0.319 e. The fourth-order valence-electron chi connectivity index (χ4n) is 2.07. The van der Waals surface area contributed by atoms with Crippen molar-refractivity contribution in [2.75, 3.05) is 11.9 Å². The largest absolute Gasteiger partial charge is 0.359 e. The summed E-state index contributed by atoms with van der Waals surface area (Å²) in [4.78, 5) is 15.9. The van der Waals surface area contributed by atoms with Crippen molar-refractivity contribution >= 4 is 11.7 Å². The lowest BCUT2D eigenvalue weighted by Gasteiger charge is -2.08. The highest BCUT2D eigenvalue weighted by atomic mass is 16.5. The second-order valence-corrected chi connectivity index (χ2v) is 4.96. The van der Waals surface area contributed by atoms with Crippen molar-refractivity contribution in [3.8, 4) is 0 Å². The number of carbonyl (C=O) groups is 1. The summed E-state index contributed by atoms with van der Waals surface area (Å²) >= 11 is 0. The molecule has 0 aliphatic heterocycles. The molecule has 7 nitrogen and oxygen atoms in total. The van der Waals surface area contributed by atoms with E-state index >= 15 is 0 Å². The molecule has 0 radical (unpaired) electrons. The van der Waals surface area contributed by atoms with E-state index in [1.807, 2.05) is 13.1 Å². The van der Waals surface area contributed by atoms with Gasteiger partial charge in [0.15, 0.2) is 5.76 Å². The number of hydrogen-bond acceptors (Lipinski definition) is 4. The molecule has 0 aliphatic rings. The van der Waals surface area contributed by atoms with Gasteiger partial charge in [-0.2, -0.15) is 0 Å². The van der Waals surface area contributed by atoms with Gasteiger partial charge in [-0.1, -0.05) is 5.16 Å². The van der Waals surface area contributed by atoms with Crippen LogP contribution in [0.3, 0.4) is 0 Å². The third kappa shape index (κ3) is 4.08. The predicted molar refractivity (Wildman–Crippen MR) is 79.2 cm³/mol. The van der Waals surface area contributed by atoms with Crippen LogP contribution in [0.2, 0.25) is 0 Å². The van der Waals surface area contributed by atoms with E-state index in [0.717, 1.165) is 25.2 Å². The van der Waals surface area contributed by atoms with Crippen LogP contribution in [0.15, 0.2) is 16.9 Å². The van der Waals surface area contributed by atoms with Crippen LogP contribution in [0.25, 0.3) is 0 Å². The number of nitrogens with zero attached hydrogens (tertiary/aromatic N) is 3. The van der Waals surface area contributed by atoms with E-state index in [1.165, 1.54) is 0 Å². The maximum Gasteiger partial charge on any atom is 0.319 e. The Morgan fingerprint density at radius 3 is 2.76 bits per heavy atom. The summed E-state index contributed by atoms with van der Waals surface area (Å²) in [5, 5.41) is 9.37. The van der Waals surface area contributed by atoms with E-state index in [9.17, 15) is 4.79 Å². The van der Waals surface area contributed by atoms with Gasteiger partial charge in [0.05, 0.1) is 0 Å². The fraction of sp³-hybridized carbons (Fsp3) is 0.500. The Morgan fingerprint density at radius 1 is 1.33 bits per heavy atom. The lowest BCUT2D eigenvalue weighted by Crippen LogP contribution is -2.30. The first-order valence-electron chi connectivity index (χ1n) is 7.03. The lowest BCUT2D eigenvalue weighted by atomic mass is 10.3. The van der Waals surface area contributed by atoms with Crippen LogP contribution < -0.4 is 10.6 Å². The Bertz CT molecular complexity index is 583. The SMILES string of the molecule is Cc1noc(C)c1NC(=O)NCCCCn1ccnc1C. The maximum atomic E-state index is 11.8. The van der Waals surface area contributed by atoms with Crippen molar-refractivity contribution < 1.29 is 9.32 Å². The van der Waals surface area contributed by atoms with Gasteiger partial charge in [0.25, 0.3) is 0 Å². The minimum Gasteiger partial charge on any atom is -0.359 e. The van der Waals surface area contributed by atoms with E-state index in [-0.39, 0.29) is 6.03 Å². The van der Waals surface area contributed by atoms with Crippen LogP contribution in [0.1, 0.15) is 30.1 Å². The van der Waals surface area contributed by atoms with Crippen LogP contribution in [0.4, 0.5) is 10.5 Å². The molecule has 2 aromatic rings. The Hall–Kier alpha value is -2.31. The quantitative estimate of drug-likeness (QED) is 0.800. The minimum absolute atomic E-state index is 0.233. The van der Waals surface area contributed by atoms with Gasteiger partial charge in [-0.05, 0) is 33.6 Å². The van der Waals surface area contributed by atoms with Crippen molar-refractivity contribution in [3.63, 3.8) is 0 Å². The van der Waals surface area contributed by atoms with E-state index < -0.39 is 0 Å². The van der Waals surface area contributed by atoms with Gasteiger partial charge in [-0.25, -0.2) is 9.78 Å². The van der Waals surface area contributed by atoms with Gasteiger partial charge < -0.3 is 19.7 Å². The molecule has 2 N–H and O–H groups in total. The molecule has 0 unspecified atom stereocenters. The molecule has 21 heavy (non-hydrogen) atoms. The molecule has 0 saturated carbocycles. The second-order valence-electron chi connectivity index (χ2n) is 4.96. The molecule has 0 spiro atoms. The number of unbranched alkanes of at least 4 members (excludes halogenated alkanes) is 1. The van der Waals surface area contributed by atoms with E-state index in [2.05, 4.69) is 25.3 Å². The maximum absolute atomic E-state index is 11.8. The highest BCUT2D eigenvalue weighted by molar-refractivity contribution is 5.90. The average Bonchev–Trinajstić information content (AvgIpc) is 2.99. The number of hydrogen-bond donors (Lipinski definition) is 2. The van der Waals surface area contributed by atoms with Crippen molar-refractivity contribution in [2.45, 2.75) is 40.2 Å². The third-order valence-corrected chi connectivity index (χ3v) is 3.31. The van der Waals surface area contributed by atoms with E-state index in [1.54, 1.807) is 20.0 Å². The van der Waals surface area contributed by atoms with Gasteiger partial charge >= 0.3 is 6.03 Å². The molecule has 2 heterocycles. The monoisotopic (exact) mass is 291 g/mol. The van der Waals surface area contributed by atoms with E-state index in [0.29, 0.717) is 23.7 Å². The molecule has 0 aliphatic carbocycles. The van der Waals surface area contributed by atoms with Gasteiger partial charge in [0.1, 0.15) is 17.2 Å². The Labute approximate surface area is 123 Å². The number of nitrogens with one attached hydrogen (secondary N) is 2. The van der Waals surface area contributed by atoms with Crippen molar-refractivity contribution in [2.24, 2.45) is 0 Å². The molecule has 0 atom stereocenters. The average molecular weight is 291 g/mol. The van der Waals surface area contributed by atoms with Crippen LogP contribution in [-0.2, 0) is 6.54 Å². The zero-order chi connectivity index (χ0) is 15.2. The highest BCUT2D eigenvalue weighted by Gasteiger charge is 2.11. The zero-order valence-corrected chi connectivity index (χ0v) is 12.6. The number of rotatable bonds is 6. The van der Waals surface area contributed by atoms with Gasteiger partial charge in [-0.3, -0.25) is 0 Å². The molecule has 0 aromatic carbocycles. The van der Waals surface area contributed by atoms with Gasteiger partial charge in [0, 0.05) is 25.5 Å². The van der Waals surface area contributed by atoms with Gasteiger partial charge in [-0.15, -0.1) is 0 Å². The first-order valence-corrected chi connectivity index (χ1v) is 7.03. The molecule has 2 amide bonds. The third-order valence-electron chi connectivity index (χ3n) is 3.31. The molecule has 7 heteroatoms. The summed E-state index contributed by atoms with van der Waals surface area (Å²) in [7, 11) is 0. The number of amides is 2. The minimum atomic E-state index is -0.233. The number of anilines is 1. The molecule has 0 fully saturated rings. The summed E-state index contributed by atoms with van der Waals surface area (Å²) in [6.45, 7) is 7.08. The van der Waals surface area contributed by atoms with Crippen LogP contribution in [-0.4, -0.2) is 27.3 Å². The Morgan fingerprint density at radius 2 is 2.14 bits per heavy atom. The summed E-state index contributed by atoms with van der Waals surface area (Å²) < 4.78 is 7.09. The van der Waals surface area contributed by atoms with Crippen molar-refractivity contribution in [1.29, 1.82) is 0 Å². The second kappa shape index (κ2) is 6.92. The summed E-state index contributed by atoms with van der Waals surface area (Å²) in [5.74, 6) is 1.62. The van der Waals surface area contributed by atoms with Crippen LogP contribution in [0.5, 0.6) is 0 Å². The molecule has 0 saturated heterocycles. The first kappa shape index (κ1) is 15.1. The number of aromatic nitrogens is 3. The number of aryl methyl sites for hydroxylation is 4. The molecular formula is C14H21N5O2. The summed E-state index contributed by atoms with van der Waals surface area (Å²) in [6, 6.07) is -0.233. The molecule has 2 rings (SSSR count). The standard InChI is InChI=1S/C14H21N5O2/c1-10-13(11(2)21-18-10)17-14(20)16-6-4-5-8-19-9-7-15-12(19)3/h7,9H,4-6,8H2,1-3H3,(H2,16,17,20). The Balaban J connectivity index is 1.65. The lowest BCUT2D eigenvalue weighted by molar-refractivity contribution is 0.251. The van der Waals surface area contributed by atoms with Crippen LogP contribution >= 0.6 is 0 Å². The first-order chi connectivity index (χ1) is 10.1. The number of urea groups is 1. The number of carbonyl (C=O) groups excluding carboxylic acids is 1. The van der Waals surface area contributed by atoms with Crippen molar-refractivity contribution in [3.05, 3.63) is 29.7 Å². The molecule has 114 valence electrons. The van der Waals surface area contributed by atoms with Crippen molar-refractivity contribution in [1.82, 2.24) is 20.0 Å². The Kier molecular flexibility index (Phi) is 4.97. The topological polar surface area (TPSA) is 85.0 Å². The van der Waals surface area contributed by atoms with E-state index in [4.69, 9.17) is 4.52 Å². The summed E-state index contributed by atoms with van der Waals surface area (Å²) in [5.41, 5.74) is 1.32. The highest BCUT2D eigenvalue weighted by Crippen LogP contribution is 2.18. The normalized spacial score (nSPS) is 10.6. The molecule has 0 bridgehead atoms.